The third-order valence-corrected chi connectivity index (χ3v) is 3.31. The standard InChI is InChI=1S/C18H24N2O4/c1-5-19-15(11-12-16(21)23-3)17(20-6-2)13-7-9-14(10-8-13)18(22)24-4/h7-10H,5-6,11-12H2,1-4H3. The minimum Gasteiger partial charge on any atom is -0.469 e. The van der Waals surface area contributed by atoms with Crippen molar-refractivity contribution in [3.8, 4) is 0 Å². The average Bonchev–Trinajstić information content (AvgIpc) is 2.62. The van der Waals surface area contributed by atoms with E-state index in [4.69, 9.17) is 9.47 Å². The van der Waals surface area contributed by atoms with E-state index in [1.807, 2.05) is 26.0 Å². The number of benzene rings is 1. The normalized spacial score (nSPS) is 12.0. The fraction of sp³-hybridized carbons (Fsp3) is 0.444. The lowest BCUT2D eigenvalue weighted by atomic mass is 10.0. The lowest BCUT2D eigenvalue weighted by Crippen LogP contribution is -2.19. The molecule has 0 saturated carbocycles. The molecule has 6 nitrogen and oxygen atoms in total. The van der Waals surface area contributed by atoms with E-state index < -0.39 is 0 Å². The molecule has 0 saturated heterocycles. The molecule has 0 radical (unpaired) electrons. The highest BCUT2D eigenvalue weighted by atomic mass is 16.5. The molecule has 0 N–H and O–H groups in total. The van der Waals surface area contributed by atoms with Gasteiger partial charge in [-0.15, -0.1) is 0 Å². The van der Waals surface area contributed by atoms with E-state index in [2.05, 4.69) is 9.98 Å². The summed E-state index contributed by atoms with van der Waals surface area (Å²) < 4.78 is 9.40. The van der Waals surface area contributed by atoms with Gasteiger partial charge in [0.25, 0.3) is 0 Å². The van der Waals surface area contributed by atoms with Crippen molar-refractivity contribution >= 4 is 23.4 Å². The minimum absolute atomic E-state index is 0.248. The van der Waals surface area contributed by atoms with Crippen LogP contribution in [-0.2, 0) is 14.3 Å². The summed E-state index contributed by atoms with van der Waals surface area (Å²) in [5, 5.41) is 0. The highest BCUT2D eigenvalue weighted by molar-refractivity contribution is 6.48. The fourth-order valence-electron chi connectivity index (χ4n) is 2.18. The van der Waals surface area contributed by atoms with Gasteiger partial charge in [-0.1, -0.05) is 12.1 Å². The second-order valence-electron chi connectivity index (χ2n) is 4.89. The Kier molecular flexibility index (Phi) is 8.39. The third kappa shape index (κ3) is 5.61. The van der Waals surface area contributed by atoms with Crippen LogP contribution in [0.4, 0.5) is 0 Å². The maximum atomic E-state index is 11.5. The van der Waals surface area contributed by atoms with Gasteiger partial charge in [0.1, 0.15) is 0 Å². The largest absolute Gasteiger partial charge is 0.469 e. The van der Waals surface area contributed by atoms with Crippen molar-refractivity contribution in [3.05, 3.63) is 35.4 Å². The van der Waals surface area contributed by atoms with Crippen LogP contribution in [0.5, 0.6) is 0 Å². The van der Waals surface area contributed by atoms with Crippen molar-refractivity contribution < 1.29 is 19.1 Å². The van der Waals surface area contributed by atoms with Gasteiger partial charge in [0.15, 0.2) is 0 Å². The molecule has 6 heteroatoms. The molecule has 0 unspecified atom stereocenters. The zero-order valence-electron chi connectivity index (χ0n) is 14.7. The van der Waals surface area contributed by atoms with Gasteiger partial charge in [-0.05, 0) is 26.0 Å². The number of methoxy groups -OCH3 is 2. The smallest absolute Gasteiger partial charge is 0.337 e. The van der Waals surface area contributed by atoms with E-state index in [1.165, 1.54) is 14.2 Å². The first-order valence-electron chi connectivity index (χ1n) is 7.91. The van der Waals surface area contributed by atoms with Crippen LogP contribution in [0.25, 0.3) is 0 Å². The van der Waals surface area contributed by atoms with Gasteiger partial charge in [-0.2, -0.15) is 0 Å². The number of hydrogen-bond donors (Lipinski definition) is 0. The second kappa shape index (κ2) is 10.3. The van der Waals surface area contributed by atoms with Gasteiger partial charge >= 0.3 is 11.9 Å². The predicted molar refractivity (Wildman–Crippen MR) is 94.1 cm³/mol. The summed E-state index contributed by atoms with van der Waals surface area (Å²) in [6, 6.07) is 7.00. The summed E-state index contributed by atoms with van der Waals surface area (Å²) in [5.74, 6) is -0.667. The zero-order chi connectivity index (χ0) is 17.9. The Labute approximate surface area is 142 Å². The van der Waals surface area contributed by atoms with E-state index in [0.717, 1.165) is 17.0 Å². The summed E-state index contributed by atoms with van der Waals surface area (Å²) >= 11 is 0. The van der Waals surface area contributed by atoms with Gasteiger partial charge in [0, 0.05) is 25.1 Å². The molecule has 0 fully saturated rings. The lowest BCUT2D eigenvalue weighted by molar-refractivity contribution is -0.140. The molecule has 24 heavy (non-hydrogen) atoms. The lowest BCUT2D eigenvalue weighted by Gasteiger charge is -2.11. The zero-order valence-corrected chi connectivity index (χ0v) is 14.7. The van der Waals surface area contributed by atoms with Crippen LogP contribution in [0.15, 0.2) is 34.3 Å². The Morgan fingerprint density at radius 2 is 1.46 bits per heavy atom. The molecule has 0 heterocycles. The van der Waals surface area contributed by atoms with Gasteiger partial charge in [-0.3, -0.25) is 14.8 Å². The topological polar surface area (TPSA) is 77.3 Å². The number of rotatable bonds is 8. The SMILES string of the molecule is CCN=C(CCC(=O)OC)C(=NCC)c1ccc(C(=O)OC)cc1. The first-order valence-corrected chi connectivity index (χ1v) is 7.91. The maximum absolute atomic E-state index is 11.5. The summed E-state index contributed by atoms with van der Waals surface area (Å²) in [5.41, 5.74) is 2.82. The summed E-state index contributed by atoms with van der Waals surface area (Å²) in [7, 11) is 2.71. The number of carbonyl (C=O) groups excluding carboxylic acids is 2. The molecule has 0 bridgehead atoms. The van der Waals surface area contributed by atoms with E-state index in [-0.39, 0.29) is 18.4 Å². The molecule has 0 atom stereocenters. The summed E-state index contributed by atoms with van der Waals surface area (Å²) in [4.78, 5) is 32.0. The molecule has 0 aliphatic carbocycles. The number of nitrogens with zero attached hydrogens (tertiary/aromatic N) is 2. The van der Waals surface area contributed by atoms with Gasteiger partial charge in [-0.25, -0.2) is 4.79 Å². The molecule has 0 aromatic heterocycles. The monoisotopic (exact) mass is 332 g/mol. The molecule has 0 spiro atoms. The van der Waals surface area contributed by atoms with Crippen LogP contribution in [0.3, 0.4) is 0 Å². The molecule has 0 aliphatic heterocycles. The highest BCUT2D eigenvalue weighted by Crippen LogP contribution is 2.11. The Hall–Kier alpha value is -2.50. The van der Waals surface area contributed by atoms with Gasteiger partial charge < -0.3 is 9.47 Å². The highest BCUT2D eigenvalue weighted by Gasteiger charge is 2.14. The van der Waals surface area contributed by atoms with Crippen molar-refractivity contribution in [3.63, 3.8) is 0 Å². The van der Waals surface area contributed by atoms with Crippen LogP contribution in [0, 0.1) is 0 Å². The van der Waals surface area contributed by atoms with E-state index >= 15 is 0 Å². The molecule has 1 rings (SSSR count). The molecule has 0 amide bonds. The number of carbonyl (C=O) groups is 2. The fourth-order valence-corrected chi connectivity index (χ4v) is 2.18. The number of ether oxygens (including phenoxy) is 2. The molecule has 0 aliphatic rings. The Morgan fingerprint density at radius 1 is 0.875 bits per heavy atom. The molecule has 130 valence electrons. The number of esters is 2. The minimum atomic E-state index is -0.385. The van der Waals surface area contributed by atoms with E-state index in [1.54, 1.807) is 12.1 Å². The Morgan fingerprint density at radius 3 is 1.96 bits per heavy atom. The number of hydrogen-bond acceptors (Lipinski definition) is 6. The van der Waals surface area contributed by atoms with Crippen LogP contribution in [0.2, 0.25) is 0 Å². The van der Waals surface area contributed by atoms with Gasteiger partial charge in [0.05, 0.1) is 37.6 Å². The summed E-state index contributed by atoms with van der Waals surface area (Å²) in [6.07, 6.45) is 0.705. The van der Waals surface area contributed by atoms with Crippen molar-refractivity contribution in [1.29, 1.82) is 0 Å². The van der Waals surface area contributed by atoms with Crippen molar-refractivity contribution in [2.75, 3.05) is 27.3 Å². The molecular formula is C18H24N2O4. The maximum Gasteiger partial charge on any atom is 0.337 e. The first kappa shape index (κ1) is 19.5. The van der Waals surface area contributed by atoms with Crippen LogP contribution in [-0.4, -0.2) is 50.7 Å². The second-order valence-corrected chi connectivity index (χ2v) is 4.89. The average molecular weight is 332 g/mol. The Balaban J connectivity index is 3.10. The predicted octanol–water partition coefficient (Wildman–Crippen LogP) is 2.70. The summed E-state index contributed by atoms with van der Waals surface area (Å²) in [6.45, 7) is 5.06. The van der Waals surface area contributed by atoms with E-state index in [0.29, 0.717) is 25.1 Å². The third-order valence-electron chi connectivity index (χ3n) is 3.31. The molecule has 1 aromatic rings. The van der Waals surface area contributed by atoms with Crippen molar-refractivity contribution in [2.24, 2.45) is 9.98 Å². The quantitative estimate of drug-likeness (QED) is 0.542. The molecule has 1 aromatic carbocycles. The first-order chi connectivity index (χ1) is 11.6. The van der Waals surface area contributed by atoms with Crippen LogP contribution in [0.1, 0.15) is 42.6 Å². The van der Waals surface area contributed by atoms with Crippen LogP contribution < -0.4 is 0 Å². The Bertz CT molecular complexity index is 618. The molecular weight excluding hydrogens is 308 g/mol. The van der Waals surface area contributed by atoms with E-state index in [9.17, 15) is 9.59 Å². The van der Waals surface area contributed by atoms with Crippen molar-refractivity contribution in [2.45, 2.75) is 26.7 Å². The van der Waals surface area contributed by atoms with Gasteiger partial charge in [0.2, 0.25) is 0 Å². The number of aliphatic imine (C=N–C) groups is 2. The van der Waals surface area contributed by atoms with Crippen molar-refractivity contribution in [1.82, 2.24) is 0 Å². The van der Waals surface area contributed by atoms with Crippen LogP contribution >= 0.6 is 0 Å².